The van der Waals surface area contributed by atoms with Gasteiger partial charge in [-0.2, -0.15) is 0 Å². The largest absolute Gasteiger partial charge is 0.481 e. The number of hydrogen-bond donors (Lipinski definition) is 1. The van der Waals surface area contributed by atoms with E-state index < -0.39 is 5.97 Å². The minimum Gasteiger partial charge on any atom is -0.481 e. The molecule has 1 aliphatic rings. The van der Waals surface area contributed by atoms with Crippen molar-refractivity contribution in [3.8, 4) is 0 Å². The number of hydrogen-bond acceptors (Lipinski definition) is 2. The molecule has 1 aliphatic carbocycles. The van der Waals surface area contributed by atoms with Crippen molar-refractivity contribution in [3.63, 3.8) is 0 Å². The molecule has 0 aromatic heterocycles. The molecule has 0 saturated carbocycles. The third kappa shape index (κ3) is 3.77. The fourth-order valence-corrected chi connectivity index (χ4v) is 2.07. The van der Waals surface area contributed by atoms with E-state index in [9.17, 15) is 4.79 Å². The highest BCUT2D eigenvalue weighted by atomic mass is 16.4. The van der Waals surface area contributed by atoms with Crippen molar-refractivity contribution in [2.24, 2.45) is 0 Å². The summed E-state index contributed by atoms with van der Waals surface area (Å²) in [6.07, 6.45) is 8.42. The van der Waals surface area contributed by atoms with Crippen LogP contribution in [0.4, 0.5) is 0 Å². The molecule has 1 rings (SSSR count). The van der Waals surface area contributed by atoms with E-state index in [4.69, 9.17) is 5.11 Å². The predicted octanol–water partition coefficient (Wildman–Crippen LogP) is 2.96. The van der Waals surface area contributed by atoms with Crippen LogP contribution in [-0.2, 0) is 4.79 Å². The Morgan fingerprint density at radius 2 is 2.24 bits per heavy atom. The van der Waals surface area contributed by atoms with Crippen LogP contribution in [0.3, 0.4) is 0 Å². The van der Waals surface area contributed by atoms with Crippen LogP contribution < -0.4 is 0 Å². The molecule has 0 aromatic carbocycles. The lowest BCUT2D eigenvalue weighted by Crippen LogP contribution is -2.22. The smallest absolute Gasteiger partial charge is 0.305 e. The Hall–Kier alpha value is -1.51. The van der Waals surface area contributed by atoms with Gasteiger partial charge in [-0.05, 0) is 31.4 Å². The zero-order chi connectivity index (χ0) is 12.8. The van der Waals surface area contributed by atoms with Gasteiger partial charge in [-0.15, -0.1) is 0 Å². The Kier molecular flexibility index (Phi) is 5.01. The van der Waals surface area contributed by atoms with Gasteiger partial charge in [0.2, 0.25) is 0 Å². The zero-order valence-electron chi connectivity index (χ0n) is 10.9. The molecule has 3 nitrogen and oxygen atoms in total. The average Bonchev–Trinajstić information content (AvgIpc) is 2.47. The van der Waals surface area contributed by atoms with Crippen LogP contribution in [0.1, 0.15) is 33.1 Å². The highest BCUT2D eigenvalue weighted by molar-refractivity contribution is 5.67. The maximum atomic E-state index is 10.6. The van der Waals surface area contributed by atoms with E-state index >= 15 is 0 Å². The van der Waals surface area contributed by atoms with E-state index in [0.717, 1.165) is 18.5 Å². The van der Waals surface area contributed by atoms with E-state index in [1.54, 1.807) is 0 Å². The number of carboxylic acids is 1. The van der Waals surface area contributed by atoms with Crippen LogP contribution in [0.25, 0.3) is 0 Å². The fraction of sp³-hybridized carbons (Fsp3) is 0.500. The third-order valence-corrected chi connectivity index (χ3v) is 3.06. The lowest BCUT2D eigenvalue weighted by Gasteiger charge is -2.24. The summed E-state index contributed by atoms with van der Waals surface area (Å²) in [7, 11) is 1.96. The quantitative estimate of drug-likeness (QED) is 0.796. The second kappa shape index (κ2) is 6.28. The van der Waals surface area contributed by atoms with Gasteiger partial charge in [0.05, 0.1) is 6.42 Å². The van der Waals surface area contributed by atoms with Crippen molar-refractivity contribution in [2.75, 3.05) is 13.6 Å². The number of aliphatic carboxylic acids is 1. The molecule has 3 heteroatoms. The van der Waals surface area contributed by atoms with Gasteiger partial charge >= 0.3 is 5.97 Å². The standard InChI is InChI=1S/C14H21NO2/c1-4-12-11(2)7-5-6-8-13(12)15(3)10-9-14(16)17/h5-6,8H,4,7,9-10H2,1-3H3,(H,16,17). The van der Waals surface area contributed by atoms with Gasteiger partial charge in [0, 0.05) is 19.3 Å². The molecule has 0 atom stereocenters. The van der Waals surface area contributed by atoms with E-state index in [1.165, 1.54) is 11.1 Å². The van der Waals surface area contributed by atoms with E-state index in [0.29, 0.717) is 6.54 Å². The summed E-state index contributed by atoms with van der Waals surface area (Å²) in [4.78, 5) is 12.6. The van der Waals surface area contributed by atoms with Crippen molar-refractivity contribution < 1.29 is 9.90 Å². The molecule has 0 radical (unpaired) electrons. The Bertz CT molecular complexity index is 378. The molecular formula is C14H21NO2. The number of nitrogens with zero attached hydrogens (tertiary/aromatic N) is 1. The first-order valence-electron chi connectivity index (χ1n) is 6.05. The lowest BCUT2D eigenvalue weighted by molar-refractivity contribution is -0.137. The summed E-state index contributed by atoms with van der Waals surface area (Å²) in [5.74, 6) is -0.750. The van der Waals surface area contributed by atoms with Crippen LogP contribution in [0.15, 0.2) is 35.1 Å². The Morgan fingerprint density at radius 3 is 2.82 bits per heavy atom. The molecule has 0 fully saturated rings. The second-order valence-electron chi connectivity index (χ2n) is 4.36. The Balaban J connectivity index is 2.85. The lowest BCUT2D eigenvalue weighted by atomic mass is 10.0. The van der Waals surface area contributed by atoms with Gasteiger partial charge in [0.25, 0.3) is 0 Å². The summed E-state index contributed by atoms with van der Waals surface area (Å²) in [6, 6.07) is 0. The summed E-state index contributed by atoms with van der Waals surface area (Å²) in [5.41, 5.74) is 3.86. The monoisotopic (exact) mass is 235 g/mol. The summed E-state index contributed by atoms with van der Waals surface area (Å²) < 4.78 is 0. The van der Waals surface area contributed by atoms with Crippen LogP contribution in [0.5, 0.6) is 0 Å². The highest BCUT2D eigenvalue weighted by Crippen LogP contribution is 2.25. The first-order chi connectivity index (χ1) is 8.06. The van der Waals surface area contributed by atoms with Crippen molar-refractivity contribution in [3.05, 3.63) is 35.1 Å². The molecular weight excluding hydrogens is 214 g/mol. The topological polar surface area (TPSA) is 40.5 Å². The van der Waals surface area contributed by atoms with Gasteiger partial charge in [-0.3, -0.25) is 4.79 Å². The molecule has 0 heterocycles. The molecule has 0 spiro atoms. The van der Waals surface area contributed by atoms with E-state index in [1.807, 2.05) is 11.9 Å². The number of likely N-dealkylation sites (N-methyl/N-ethyl adjacent to an activating group) is 1. The van der Waals surface area contributed by atoms with Crippen LogP contribution in [0.2, 0.25) is 0 Å². The number of carbonyl (C=O) groups is 1. The van der Waals surface area contributed by atoms with Crippen molar-refractivity contribution in [1.29, 1.82) is 0 Å². The van der Waals surface area contributed by atoms with Crippen LogP contribution in [0, 0.1) is 0 Å². The normalized spacial score (nSPS) is 15.6. The average molecular weight is 235 g/mol. The van der Waals surface area contributed by atoms with Crippen molar-refractivity contribution in [2.45, 2.75) is 33.1 Å². The third-order valence-electron chi connectivity index (χ3n) is 3.06. The van der Waals surface area contributed by atoms with Crippen LogP contribution in [-0.4, -0.2) is 29.6 Å². The Labute approximate surface area is 103 Å². The van der Waals surface area contributed by atoms with Crippen molar-refractivity contribution >= 4 is 5.97 Å². The molecule has 17 heavy (non-hydrogen) atoms. The Morgan fingerprint density at radius 1 is 1.53 bits per heavy atom. The first kappa shape index (κ1) is 13.6. The maximum absolute atomic E-state index is 10.6. The highest BCUT2D eigenvalue weighted by Gasteiger charge is 2.13. The first-order valence-corrected chi connectivity index (χ1v) is 6.05. The second-order valence-corrected chi connectivity index (χ2v) is 4.36. The SMILES string of the molecule is CCC1=C(C)CC=CC=C1N(C)CCC(=O)O. The minimum absolute atomic E-state index is 0.174. The summed E-state index contributed by atoms with van der Waals surface area (Å²) >= 11 is 0. The summed E-state index contributed by atoms with van der Waals surface area (Å²) in [5, 5.41) is 8.72. The van der Waals surface area contributed by atoms with Gasteiger partial charge in [-0.25, -0.2) is 0 Å². The maximum Gasteiger partial charge on any atom is 0.305 e. The van der Waals surface area contributed by atoms with Gasteiger partial charge < -0.3 is 10.0 Å². The van der Waals surface area contributed by atoms with Gasteiger partial charge in [0.15, 0.2) is 0 Å². The molecule has 0 bridgehead atoms. The minimum atomic E-state index is -0.750. The number of rotatable bonds is 5. The summed E-state index contributed by atoms with van der Waals surface area (Å²) in [6.45, 7) is 4.84. The molecule has 0 unspecified atom stereocenters. The molecule has 0 saturated heterocycles. The molecule has 0 aliphatic heterocycles. The predicted molar refractivity (Wildman–Crippen MR) is 69.7 cm³/mol. The van der Waals surface area contributed by atoms with Gasteiger partial charge in [-0.1, -0.05) is 24.6 Å². The molecule has 1 N–H and O–H groups in total. The zero-order valence-corrected chi connectivity index (χ0v) is 10.9. The van der Waals surface area contributed by atoms with Gasteiger partial charge in [0.1, 0.15) is 0 Å². The van der Waals surface area contributed by atoms with Crippen LogP contribution >= 0.6 is 0 Å². The number of allylic oxidation sites excluding steroid dienone is 5. The molecule has 0 aromatic rings. The fourth-order valence-electron chi connectivity index (χ4n) is 2.07. The number of carboxylic acid groups (broad SMARTS) is 1. The molecule has 0 amide bonds. The van der Waals surface area contributed by atoms with E-state index in [-0.39, 0.29) is 6.42 Å². The molecule has 94 valence electrons. The van der Waals surface area contributed by atoms with E-state index in [2.05, 4.69) is 32.1 Å². The van der Waals surface area contributed by atoms with Crippen molar-refractivity contribution in [1.82, 2.24) is 4.90 Å².